The van der Waals surface area contributed by atoms with E-state index in [4.69, 9.17) is 19.4 Å². The van der Waals surface area contributed by atoms with Crippen molar-refractivity contribution >= 4 is 37.6 Å². The second-order valence-corrected chi connectivity index (χ2v) is 21.9. The second-order valence-electron chi connectivity index (χ2n) is 12.8. The van der Waals surface area contributed by atoms with Gasteiger partial charge in [0.05, 0.1) is 17.0 Å². The van der Waals surface area contributed by atoms with E-state index in [1.54, 1.807) is 107 Å². The van der Waals surface area contributed by atoms with Gasteiger partial charge in [-0.1, -0.05) is 19.3 Å². The van der Waals surface area contributed by atoms with Gasteiger partial charge in [0, 0.05) is 7.92 Å². The van der Waals surface area contributed by atoms with Gasteiger partial charge in [0.1, 0.15) is 0 Å². The fraction of sp³-hybridized carbons (Fsp3) is 0.629. The average Bonchev–Trinajstić information content (AvgIpc) is 2.99. The van der Waals surface area contributed by atoms with Gasteiger partial charge in [0.2, 0.25) is 0 Å². The summed E-state index contributed by atoms with van der Waals surface area (Å²) < 4.78 is 15.2. The summed E-state index contributed by atoms with van der Waals surface area (Å²) in [5.74, 6) is 0.159. The van der Waals surface area contributed by atoms with Crippen LogP contribution in [0.1, 0.15) is 133 Å². The topological polar surface area (TPSA) is 12.0 Å². The van der Waals surface area contributed by atoms with Gasteiger partial charge in [-0.15, -0.1) is 0 Å². The Balaban J connectivity index is 0.000000191. The van der Waals surface area contributed by atoms with Crippen molar-refractivity contribution in [3.05, 3.63) is 65.0 Å². The van der Waals surface area contributed by atoms with E-state index < -0.39 is 13.5 Å². The molecular formula is C35H52Cl2FNPRu+. The predicted molar refractivity (Wildman–Crippen MR) is 180 cm³/mol. The number of nitrogens with one attached hydrogen (secondary N) is 1. The minimum absolute atomic E-state index is 0.0465. The molecule has 0 saturated heterocycles. The summed E-state index contributed by atoms with van der Waals surface area (Å²) in [7, 11) is 11.8. The van der Waals surface area contributed by atoms with Crippen LogP contribution in [0.3, 0.4) is 0 Å². The number of hydrogen-bond acceptors (Lipinski definition) is 1. The first-order chi connectivity index (χ1) is 19.9. The average molecular weight is 709 g/mol. The fourth-order valence-corrected chi connectivity index (χ4v) is 14.6. The Bertz CT molecular complexity index is 1040. The van der Waals surface area contributed by atoms with Gasteiger partial charge >= 0.3 is 144 Å². The maximum atomic E-state index is 13.4. The van der Waals surface area contributed by atoms with Crippen LogP contribution in [-0.2, 0) is 20.1 Å². The molecule has 2 aromatic rings. The number of hydrogen-bond donors (Lipinski definition) is 1. The van der Waals surface area contributed by atoms with Crippen LogP contribution in [-0.4, -0.2) is 21.6 Å². The molecule has 0 amide bonds. The Morgan fingerprint density at radius 2 is 1.32 bits per heavy atom. The van der Waals surface area contributed by atoms with Crippen LogP contribution in [0.25, 0.3) is 0 Å². The van der Waals surface area contributed by atoms with E-state index in [0.717, 1.165) is 16.8 Å². The van der Waals surface area contributed by atoms with Gasteiger partial charge in [-0.3, -0.25) is 0 Å². The van der Waals surface area contributed by atoms with Gasteiger partial charge in [-0.2, -0.15) is 0 Å². The number of halogens is 3. The summed E-state index contributed by atoms with van der Waals surface area (Å²) in [6.07, 6.45) is 23.8. The molecule has 0 bridgehead atoms. The molecule has 41 heavy (non-hydrogen) atoms. The monoisotopic (exact) mass is 708 g/mol. The standard InChI is InChI=1S/C18H33P.C17H18FN.2ClH.Ru/c1-4-10-16(11-5-1)19(17-12-6-2-7-13-17)18-14-8-3-9-15-18;1-12(2)16-6-4-5-7-17(16)19-11-14-8-9-15(18)10-13(14)3;;;/h16-18H,1-15H2;3-10,12,19H,11H2,1-2H3;2*1H;/q;;;;+2/p-1. The maximum absolute atomic E-state index is 13.4. The Hall–Kier alpha value is -0.327. The van der Waals surface area contributed by atoms with Crippen LogP contribution in [0.15, 0.2) is 42.5 Å². The summed E-state index contributed by atoms with van der Waals surface area (Å²) >= 11 is -1.99. The van der Waals surface area contributed by atoms with Crippen LogP contribution in [0.5, 0.6) is 0 Å². The van der Waals surface area contributed by atoms with E-state index in [9.17, 15) is 4.39 Å². The molecule has 3 saturated carbocycles. The molecule has 2 aromatic carbocycles. The summed E-state index contributed by atoms with van der Waals surface area (Å²) in [4.78, 5) is 0. The van der Waals surface area contributed by atoms with Crippen molar-refractivity contribution in [3.63, 3.8) is 0 Å². The van der Waals surface area contributed by atoms with E-state index >= 15 is 0 Å². The van der Waals surface area contributed by atoms with Crippen molar-refractivity contribution in [1.29, 1.82) is 0 Å². The predicted octanol–water partition coefficient (Wildman–Crippen LogP) is 11.8. The van der Waals surface area contributed by atoms with Gasteiger partial charge in [-0.25, -0.2) is 0 Å². The molecule has 3 fully saturated rings. The molecule has 0 aliphatic heterocycles. The molecule has 0 radical (unpaired) electrons. The van der Waals surface area contributed by atoms with E-state index in [2.05, 4.69) is 31.3 Å². The molecule has 5 rings (SSSR count). The zero-order valence-electron chi connectivity index (χ0n) is 25.2. The van der Waals surface area contributed by atoms with Crippen LogP contribution in [0, 0.1) is 5.82 Å². The zero-order chi connectivity index (χ0) is 29.0. The number of anilines is 1. The Morgan fingerprint density at radius 3 is 1.80 bits per heavy atom. The fourth-order valence-electron chi connectivity index (χ4n) is 7.56. The molecule has 6 heteroatoms. The first-order valence-corrected chi connectivity index (χ1v) is 23.4. The van der Waals surface area contributed by atoms with E-state index in [1.807, 2.05) is 12.1 Å². The van der Waals surface area contributed by atoms with Gasteiger partial charge < -0.3 is 0 Å². The molecule has 0 atom stereocenters. The molecule has 3 aliphatic carbocycles. The van der Waals surface area contributed by atoms with Crippen molar-refractivity contribution in [2.75, 3.05) is 5.32 Å². The van der Waals surface area contributed by atoms with Crippen LogP contribution in [0.4, 0.5) is 10.1 Å². The normalized spacial score (nSPS) is 19.5. The SMILES string of the molecule is C1CCC([PH+](C2CCCCC2)C2CCCCC2)CC1.CC(C)c1ccccc1NCc1ccc(F)cc1[CH]=[Ru]([Cl])[Cl]. The quantitative estimate of drug-likeness (QED) is 0.213. The zero-order valence-corrected chi connectivity index (χ0v) is 29.5. The van der Waals surface area contributed by atoms with Crippen molar-refractivity contribution in [2.24, 2.45) is 0 Å². The third-order valence-corrected chi connectivity index (χ3v) is 16.0. The summed E-state index contributed by atoms with van der Waals surface area (Å²) in [5, 5.41) is 3.43. The molecule has 1 nitrogen and oxygen atoms in total. The summed E-state index contributed by atoms with van der Waals surface area (Å²) in [5.41, 5.74) is 7.80. The van der Waals surface area contributed by atoms with E-state index in [-0.39, 0.29) is 13.7 Å². The Kier molecular flexibility index (Phi) is 14.6. The number of para-hydroxylation sites is 1. The summed E-state index contributed by atoms with van der Waals surface area (Å²) in [6, 6.07) is 12.9. The van der Waals surface area contributed by atoms with Gasteiger partial charge in [-0.05, 0) is 77.0 Å². The Morgan fingerprint density at radius 1 is 0.805 bits per heavy atom. The van der Waals surface area contributed by atoms with Crippen molar-refractivity contribution in [2.45, 2.75) is 140 Å². The second kappa shape index (κ2) is 17.8. The molecule has 1 N–H and O–H groups in total. The minimum atomic E-state index is -1.99. The van der Waals surface area contributed by atoms with Crippen LogP contribution in [0.2, 0.25) is 0 Å². The Labute approximate surface area is 264 Å². The van der Waals surface area contributed by atoms with Gasteiger partial charge in [0.15, 0.2) is 0 Å². The van der Waals surface area contributed by atoms with E-state index in [0.29, 0.717) is 12.5 Å². The molecule has 0 spiro atoms. The third kappa shape index (κ3) is 10.7. The van der Waals surface area contributed by atoms with Crippen molar-refractivity contribution < 1.29 is 17.9 Å². The number of benzene rings is 2. The first-order valence-electron chi connectivity index (χ1n) is 16.2. The van der Waals surface area contributed by atoms with Crippen LogP contribution >= 0.6 is 27.3 Å². The van der Waals surface area contributed by atoms with Gasteiger partial charge in [0.25, 0.3) is 0 Å². The molecular weight excluding hydrogens is 656 g/mol. The van der Waals surface area contributed by atoms with Crippen molar-refractivity contribution in [3.8, 4) is 0 Å². The first kappa shape index (κ1) is 33.6. The molecule has 0 unspecified atom stereocenters. The number of rotatable bonds is 8. The third-order valence-electron chi connectivity index (χ3n) is 9.58. The molecule has 0 aromatic heterocycles. The molecule has 0 heterocycles. The van der Waals surface area contributed by atoms with E-state index in [1.165, 1.54) is 34.7 Å². The molecule has 230 valence electrons. The summed E-state index contributed by atoms with van der Waals surface area (Å²) in [6.45, 7) is 4.93. The van der Waals surface area contributed by atoms with Crippen molar-refractivity contribution in [1.82, 2.24) is 0 Å². The van der Waals surface area contributed by atoms with Crippen LogP contribution < -0.4 is 5.32 Å². The molecule has 3 aliphatic rings.